The molecule has 0 amide bonds. The number of aliphatic imine (C=N–C) groups is 1. The molecule has 0 saturated heterocycles. The van der Waals surface area contributed by atoms with Gasteiger partial charge in [-0.15, -0.1) is 0 Å². The maximum absolute atomic E-state index is 13.2. The zero-order chi connectivity index (χ0) is 12.3. The van der Waals surface area contributed by atoms with E-state index in [4.69, 9.17) is 0 Å². The van der Waals surface area contributed by atoms with Crippen molar-refractivity contribution in [1.82, 2.24) is 10.2 Å². The Labute approximate surface area is 101 Å². The monoisotopic (exact) mass is 245 g/mol. The zero-order valence-electron chi connectivity index (χ0n) is 10.4. The van der Waals surface area contributed by atoms with Gasteiger partial charge in [-0.05, 0) is 25.2 Å². The molecule has 1 heterocycles. The van der Waals surface area contributed by atoms with Crippen LogP contribution in [0.15, 0.2) is 4.99 Å². The smallest absolute Gasteiger partial charge is 0.248 e. The zero-order valence-corrected chi connectivity index (χ0v) is 10.4. The Hall–Kier alpha value is -0.870. The highest BCUT2D eigenvalue weighted by atomic mass is 19.3. The third-order valence-electron chi connectivity index (χ3n) is 3.57. The summed E-state index contributed by atoms with van der Waals surface area (Å²) in [6, 6.07) is 0. The van der Waals surface area contributed by atoms with E-state index in [-0.39, 0.29) is 18.8 Å². The van der Waals surface area contributed by atoms with Gasteiger partial charge in [0.05, 0.1) is 0 Å². The molecular weight excluding hydrogens is 224 g/mol. The molecule has 3 nitrogen and oxygen atoms in total. The molecule has 0 aromatic carbocycles. The van der Waals surface area contributed by atoms with Gasteiger partial charge in [0.2, 0.25) is 5.92 Å². The highest BCUT2D eigenvalue weighted by Gasteiger charge is 2.36. The highest BCUT2D eigenvalue weighted by Crippen LogP contribution is 2.36. The molecule has 0 aromatic heterocycles. The number of halogens is 2. The SMILES string of the molecule is CN1CCCN=C1NCC1CCCC(F)(F)C1. The van der Waals surface area contributed by atoms with Crippen molar-refractivity contribution in [3.8, 4) is 0 Å². The Morgan fingerprint density at radius 2 is 2.29 bits per heavy atom. The first-order valence-corrected chi connectivity index (χ1v) is 6.44. The Balaban J connectivity index is 1.79. The Morgan fingerprint density at radius 1 is 1.47 bits per heavy atom. The lowest BCUT2D eigenvalue weighted by Gasteiger charge is -2.31. The number of nitrogens with zero attached hydrogens (tertiary/aromatic N) is 2. The lowest BCUT2D eigenvalue weighted by molar-refractivity contribution is -0.0515. The number of guanidine groups is 1. The summed E-state index contributed by atoms with van der Waals surface area (Å²) in [5.74, 6) is -1.51. The molecule has 2 aliphatic rings. The van der Waals surface area contributed by atoms with Crippen LogP contribution in [0.25, 0.3) is 0 Å². The predicted molar refractivity (Wildman–Crippen MR) is 64.5 cm³/mol. The summed E-state index contributed by atoms with van der Waals surface area (Å²) in [5, 5.41) is 3.22. The van der Waals surface area contributed by atoms with Gasteiger partial charge in [-0.3, -0.25) is 4.99 Å². The number of hydrogen-bond donors (Lipinski definition) is 1. The maximum Gasteiger partial charge on any atom is 0.248 e. The van der Waals surface area contributed by atoms with E-state index < -0.39 is 5.92 Å². The summed E-state index contributed by atoms with van der Waals surface area (Å²) in [7, 11) is 1.99. The number of rotatable bonds is 2. The molecule has 1 N–H and O–H groups in total. The first kappa shape index (κ1) is 12.6. The summed E-state index contributed by atoms with van der Waals surface area (Å²) in [5.41, 5.74) is 0. The van der Waals surface area contributed by atoms with E-state index in [1.807, 2.05) is 7.05 Å². The van der Waals surface area contributed by atoms with E-state index in [2.05, 4.69) is 15.2 Å². The second-order valence-electron chi connectivity index (χ2n) is 5.18. The molecule has 0 aromatic rings. The molecule has 5 heteroatoms. The van der Waals surface area contributed by atoms with Crippen LogP contribution in [-0.4, -0.2) is 43.5 Å². The Kier molecular flexibility index (Phi) is 3.84. The molecule has 17 heavy (non-hydrogen) atoms. The van der Waals surface area contributed by atoms with Gasteiger partial charge in [0.1, 0.15) is 0 Å². The minimum absolute atomic E-state index is 0.0248. The van der Waals surface area contributed by atoms with Crippen molar-refractivity contribution < 1.29 is 8.78 Å². The molecule has 1 unspecified atom stereocenters. The van der Waals surface area contributed by atoms with E-state index in [1.165, 1.54) is 0 Å². The van der Waals surface area contributed by atoms with E-state index >= 15 is 0 Å². The van der Waals surface area contributed by atoms with Crippen molar-refractivity contribution in [1.29, 1.82) is 0 Å². The average Bonchev–Trinajstić information content (AvgIpc) is 2.27. The standard InChI is InChI=1S/C12H21F2N3/c1-17-7-3-6-15-11(17)16-9-10-4-2-5-12(13,14)8-10/h10H,2-9H2,1H3,(H,15,16). The third kappa shape index (κ3) is 3.54. The Bertz CT molecular complexity index is 291. The average molecular weight is 245 g/mol. The van der Waals surface area contributed by atoms with Gasteiger partial charge in [0.25, 0.3) is 0 Å². The molecule has 1 fully saturated rings. The van der Waals surface area contributed by atoms with E-state index in [0.29, 0.717) is 13.0 Å². The van der Waals surface area contributed by atoms with Crippen LogP contribution >= 0.6 is 0 Å². The molecule has 1 aliphatic heterocycles. The highest BCUT2D eigenvalue weighted by molar-refractivity contribution is 5.80. The maximum atomic E-state index is 13.2. The van der Waals surface area contributed by atoms with Gasteiger partial charge in [-0.1, -0.05) is 0 Å². The van der Waals surface area contributed by atoms with Crippen LogP contribution in [0.1, 0.15) is 32.1 Å². The second kappa shape index (κ2) is 5.19. The predicted octanol–water partition coefficient (Wildman–Crippen LogP) is 2.09. The summed E-state index contributed by atoms with van der Waals surface area (Å²) >= 11 is 0. The van der Waals surface area contributed by atoms with Gasteiger partial charge in [0.15, 0.2) is 5.96 Å². The van der Waals surface area contributed by atoms with Crippen LogP contribution in [0.5, 0.6) is 0 Å². The molecule has 2 rings (SSSR count). The van der Waals surface area contributed by atoms with Crippen LogP contribution < -0.4 is 5.32 Å². The van der Waals surface area contributed by atoms with Gasteiger partial charge in [-0.2, -0.15) is 0 Å². The van der Waals surface area contributed by atoms with Crippen LogP contribution in [0, 0.1) is 5.92 Å². The summed E-state index contributed by atoms with van der Waals surface area (Å²) < 4.78 is 26.5. The minimum atomic E-state index is -2.45. The summed E-state index contributed by atoms with van der Waals surface area (Å²) in [4.78, 5) is 6.44. The fraction of sp³-hybridized carbons (Fsp3) is 0.917. The lowest BCUT2D eigenvalue weighted by atomic mass is 9.86. The van der Waals surface area contributed by atoms with Gasteiger partial charge < -0.3 is 10.2 Å². The van der Waals surface area contributed by atoms with Crippen LogP contribution in [0.4, 0.5) is 8.78 Å². The Morgan fingerprint density at radius 3 is 3.00 bits per heavy atom. The number of hydrogen-bond acceptors (Lipinski definition) is 3. The minimum Gasteiger partial charge on any atom is -0.356 e. The van der Waals surface area contributed by atoms with Crippen LogP contribution in [0.3, 0.4) is 0 Å². The normalized spacial score (nSPS) is 28.8. The quantitative estimate of drug-likeness (QED) is 0.806. The fourth-order valence-corrected chi connectivity index (χ4v) is 2.60. The molecule has 0 bridgehead atoms. The van der Waals surface area contributed by atoms with Crippen molar-refractivity contribution >= 4 is 5.96 Å². The molecular formula is C12H21F2N3. The van der Waals surface area contributed by atoms with Gasteiger partial charge in [-0.25, -0.2) is 8.78 Å². The summed E-state index contributed by atoms with van der Waals surface area (Å²) in [6.45, 7) is 2.46. The summed E-state index contributed by atoms with van der Waals surface area (Å²) in [6.07, 6.45) is 2.70. The first-order valence-electron chi connectivity index (χ1n) is 6.44. The largest absolute Gasteiger partial charge is 0.356 e. The van der Waals surface area contributed by atoms with Crippen molar-refractivity contribution in [2.45, 2.75) is 38.0 Å². The molecule has 1 atom stereocenters. The van der Waals surface area contributed by atoms with Gasteiger partial charge >= 0.3 is 0 Å². The molecule has 0 radical (unpaired) electrons. The lowest BCUT2D eigenvalue weighted by Crippen LogP contribution is -2.44. The molecule has 1 saturated carbocycles. The number of nitrogens with one attached hydrogen (secondary N) is 1. The van der Waals surface area contributed by atoms with Crippen molar-refractivity contribution in [3.63, 3.8) is 0 Å². The molecule has 98 valence electrons. The van der Waals surface area contributed by atoms with E-state index in [0.717, 1.165) is 31.9 Å². The number of alkyl halides is 2. The van der Waals surface area contributed by atoms with Crippen LogP contribution in [0.2, 0.25) is 0 Å². The van der Waals surface area contributed by atoms with Gasteiger partial charge in [0, 0.05) is 39.5 Å². The van der Waals surface area contributed by atoms with E-state index in [1.54, 1.807) is 0 Å². The van der Waals surface area contributed by atoms with Crippen molar-refractivity contribution in [2.75, 3.05) is 26.7 Å². The van der Waals surface area contributed by atoms with Crippen molar-refractivity contribution in [3.05, 3.63) is 0 Å². The topological polar surface area (TPSA) is 27.6 Å². The second-order valence-corrected chi connectivity index (χ2v) is 5.18. The van der Waals surface area contributed by atoms with Crippen LogP contribution in [-0.2, 0) is 0 Å². The third-order valence-corrected chi connectivity index (χ3v) is 3.57. The molecule has 1 aliphatic carbocycles. The fourth-order valence-electron chi connectivity index (χ4n) is 2.60. The van der Waals surface area contributed by atoms with E-state index in [9.17, 15) is 8.78 Å². The first-order chi connectivity index (χ1) is 8.07. The molecule has 0 spiro atoms. The van der Waals surface area contributed by atoms with Crippen molar-refractivity contribution in [2.24, 2.45) is 10.9 Å².